The minimum Gasteiger partial charge on any atom is -0.356 e. The van der Waals surface area contributed by atoms with E-state index < -0.39 is 0 Å². The molecule has 0 aromatic heterocycles. The van der Waals surface area contributed by atoms with Crippen LogP contribution in [-0.4, -0.2) is 80.9 Å². The van der Waals surface area contributed by atoms with Crippen LogP contribution in [0.2, 0.25) is 0 Å². The molecule has 146 valence electrons. The van der Waals surface area contributed by atoms with Crippen molar-refractivity contribution >= 4 is 17.7 Å². The Labute approximate surface area is 163 Å². The lowest BCUT2D eigenvalue weighted by Gasteiger charge is -2.35. The first-order valence-electron chi connectivity index (χ1n) is 9.78. The van der Waals surface area contributed by atoms with Crippen LogP contribution in [0.25, 0.3) is 0 Å². The van der Waals surface area contributed by atoms with Crippen molar-refractivity contribution in [1.82, 2.24) is 20.4 Å². The molecule has 1 unspecified atom stereocenters. The molecule has 2 rings (SSSR count). The number of benzene rings is 1. The first-order valence-corrected chi connectivity index (χ1v) is 10.8. The van der Waals surface area contributed by atoms with Gasteiger partial charge in [0.1, 0.15) is 0 Å². The standard InChI is InChI=1S/C20H35N5S/c1-4-24-11-13-25(14-12-24)17-18(2)16-23-20(21-3)22-10-15-26-19-8-6-5-7-9-19/h5-9,18H,4,10-17H2,1-3H3,(H2,21,22,23). The maximum absolute atomic E-state index is 4.34. The minimum atomic E-state index is 0.612. The molecule has 0 bridgehead atoms. The summed E-state index contributed by atoms with van der Waals surface area (Å²) in [6.45, 7) is 13.6. The molecule has 1 aromatic rings. The lowest BCUT2D eigenvalue weighted by molar-refractivity contribution is 0.124. The maximum atomic E-state index is 4.34. The molecule has 6 heteroatoms. The zero-order valence-corrected chi connectivity index (χ0v) is 17.4. The lowest BCUT2D eigenvalue weighted by atomic mass is 10.1. The number of nitrogens with one attached hydrogen (secondary N) is 2. The molecule has 1 aromatic carbocycles. The Balaban J connectivity index is 1.57. The van der Waals surface area contributed by atoms with E-state index in [0.717, 1.165) is 31.3 Å². The van der Waals surface area contributed by atoms with E-state index in [-0.39, 0.29) is 0 Å². The molecule has 1 atom stereocenters. The third kappa shape index (κ3) is 7.98. The van der Waals surface area contributed by atoms with E-state index in [2.05, 4.69) is 69.6 Å². The van der Waals surface area contributed by atoms with Gasteiger partial charge in [-0.05, 0) is 24.6 Å². The number of thioether (sulfide) groups is 1. The molecule has 1 aliphatic heterocycles. The summed E-state index contributed by atoms with van der Waals surface area (Å²) in [7, 11) is 1.84. The number of hydrogen-bond donors (Lipinski definition) is 2. The maximum Gasteiger partial charge on any atom is 0.191 e. The number of hydrogen-bond acceptors (Lipinski definition) is 4. The number of piperazine rings is 1. The van der Waals surface area contributed by atoms with E-state index in [1.54, 1.807) is 0 Å². The minimum absolute atomic E-state index is 0.612. The van der Waals surface area contributed by atoms with Crippen molar-refractivity contribution < 1.29 is 0 Å². The summed E-state index contributed by atoms with van der Waals surface area (Å²) in [5.74, 6) is 2.55. The van der Waals surface area contributed by atoms with Crippen LogP contribution in [0, 0.1) is 5.92 Å². The van der Waals surface area contributed by atoms with Crippen LogP contribution in [0.1, 0.15) is 13.8 Å². The van der Waals surface area contributed by atoms with Crippen molar-refractivity contribution in [2.24, 2.45) is 10.9 Å². The molecule has 1 aliphatic rings. The van der Waals surface area contributed by atoms with Crippen LogP contribution in [0.5, 0.6) is 0 Å². The Morgan fingerprint density at radius 1 is 1.12 bits per heavy atom. The summed E-state index contributed by atoms with van der Waals surface area (Å²) in [4.78, 5) is 10.8. The smallest absolute Gasteiger partial charge is 0.191 e. The van der Waals surface area contributed by atoms with Gasteiger partial charge in [0.2, 0.25) is 0 Å². The quantitative estimate of drug-likeness (QED) is 0.299. The monoisotopic (exact) mass is 377 g/mol. The van der Waals surface area contributed by atoms with Crippen molar-refractivity contribution in [2.75, 3.05) is 65.2 Å². The van der Waals surface area contributed by atoms with Gasteiger partial charge in [0.25, 0.3) is 0 Å². The molecule has 5 nitrogen and oxygen atoms in total. The van der Waals surface area contributed by atoms with E-state index in [1.807, 2.05) is 18.8 Å². The molecule has 0 amide bonds. The SMILES string of the molecule is CCN1CCN(CC(C)CNC(=NC)NCCSc2ccccc2)CC1. The first-order chi connectivity index (χ1) is 12.7. The van der Waals surface area contributed by atoms with Crippen molar-refractivity contribution in [3.8, 4) is 0 Å². The molecule has 1 fully saturated rings. The molecule has 2 N–H and O–H groups in total. The largest absolute Gasteiger partial charge is 0.356 e. The molecule has 1 heterocycles. The Hall–Kier alpha value is -1.24. The van der Waals surface area contributed by atoms with Crippen LogP contribution in [0.15, 0.2) is 40.2 Å². The summed E-state index contributed by atoms with van der Waals surface area (Å²) >= 11 is 1.87. The summed E-state index contributed by atoms with van der Waals surface area (Å²) in [5.41, 5.74) is 0. The summed E-state index contributed by atoms with van der Waals surface area (Å²) < 4.78 is 0. The highest BCUT2D eigenvalue weighted by Gasteiger charge is 2.17. The third-order valence-corrected chi connectivity index (χ3v) is 5.74. The van der Waals surface area contributed by atoms with Crippen molar-refractivity contribution in [3.05, 3.63) is 30.3 Å². The second-order valence-electron chi connectivity index (χ2n) is 6.88. The summed E-state index contributed by atoms with van der Waals surface area (Å²) in [6, 6.07) is 10.5. The zero-order chi connectivity index (χ0) is 18.6. The molecule has 0 aliphatic carbocycles. The van der Waals surface area contributed by atoms with Crippen LogP contribution >= 0.6 is 11.8 Å². The number of guanidine groups is 1. The van der Waals surface area contributed by atoms with Gasteiger partial charge in [0, 0.05) is 63.5 Å². The fourth-order valence-corrected chi connectivity index (χ4v) is 3.93. The fraction of sp³-hybridized carbons (Fsp3) is 0.650. The predicted octanol–water partition coefficient (Wildman–Crippen LogP) is 2.22. The lowest BCUT2D eigenvalue weighted by Crippen LogP contribution is -2.48. The van der Waals surface area contributed by atoms with Crippen molar-refractivity contribution in [3.63, 3.8) is 0 Å². The number of nitrogens with zero attached hydrogens (tertiary/aromatic N) is 3. The molecular formula is C20H35N5S. The molecular weight excluding hydrogens is 342 g/mol. The van der Waals surface area contributed by atoms with Gasteiger partial charge in [-0.15, -0.1) is 11.8 Å². The normalized spacial score (nSPS) is 17.9. The molecule has 26 heavy (non-hydrogen) atoms. The first kappa shape index (κ1) is 21.1. The third-order valence-electron chi connectivity index (χ3n) is 4.73. The van der Waals surface area contributed by atoms with Gasteiger partial charge in [-0.3, -0.25) is 4.99 Å². The van der Waals surface area contributed by atoms with Crippen LogP contribution < -0.4 is 10.6 Å². The van der Waals surface area contributed by atoms with Crippen molar-refractivity contribution in [2.45, 2.75) is 18.7 Å². The highest BCUT2D eigenvalue weighted by molar-refractivity contribution is 7.99. The molecule has 0 spiro atoms. The van der Waals surface area contributed by atoms with Gasteiger partial charge in [0.15, 0.2) is 5.96 Å². The average Bonchev–Trinajstić information content (AvgIpc) is 2.69. The van der Waals surface area contributed by atoms with E-state index in [9.17, 15) is 0 Å². The number of aliphatic imine (C=N–C) groups is 1. The average molecular weight is 378 g/mol. The van der Waals surface area contributed by atoms with Gasteiger partial charge < -0.3 is 20.4 Å². The molecule has 1 saturated heterocycles. The second kappa shape index (κ2) is 12.2. The Morgan fingerprint density at radius 3 is 2.46 bits per heavy atom. The topological polar surface area (TPSA) is 42.9 Å². The molecule has 0 saturated carbocycles. The van der Waals surface area contributed by atoms with Gasteiger partial charge in [-0.1, -0.05) is 32.0 Å². The fourth-order valence-electron chi connectivity index (χ4n) is 3.14. The van der Waals surface area contributed by atoms with E-state index in [4.69, 9.17) is 0 Å². The highest BCUT2D eigenvalue weighted by Crippen LogP contribution is 2.15. The predicted molar refractivity (Wildman–Crippen MR) is 114 cm³/mol. The Morgan fingerprint density at radius 2 is 1.81 bits per heavy atom. The van der Waals surface area contributed by atoms with Crippen LogP contribution in [-0.2, 0) is 0 Å². The number of likely N-dealkylation sites (N-methyl/N-ethyl adjacent to an activating group) is 1. The second-order valence-corrected chi connectivity index (χ2v) is 8.05. The van der Waals surface area contributed by atoms with E-state index in [0.29, 0.717) is 5.92 Å². The zero-order valence-electron chi connectivity index (χ0n) is 16.6. The van der Waals surface area contributed by atoms with Crippen molar-refractivity contribution in [1.29, 1.82) is 0 Å². The van der Waals surface area contributed by atoms with Gasteiger partial charge >= 0.3 is 0 Å². The number of rotatable bonds is 9. The van der Waals surface area contributed by atoms with Gasteiger partial charge in [0.05, 0.1) is 0 Å². The van der Waals surface area contributed by atoms with E-state index in [1.165, 1.54) is 37.6 Å². The molecule has 0 radical (unpaired) electrons. The Bertz CT molecular complexity index is 514. The van der Waals surface area contributed by atoms with Gasteiger partial charge in [-0.2, -0.15) is 0 Å². The van der Waals surface area contributed by atoms with E-state index >= 15 is 0 Å². The van der Waals surface area contributed by atoms with Crippen LogP contribution in [0.4, 0.5) is 0 Å². The van der Waals surface area contributed by atoms with Crippen LogP contribution in [0.3, 0.4) is 0 Å². The summed E-state index contributed by atoms with van der Waals surface area (Å²) in [6.07, 6.45) is 0. The van der Waals surface area contributed by atoms with Gasteiger partial charge in [-0.25, -0.2) is 0 Å². The summed E-state index contributed by atoms with van der Waals surface area (Å²) in [5, 5.41) is 6.88. The Kier molecular flexibility index (Phi) is 9.89. The highest BCUT2D eigenvalue weighted by atomic mass is 32.2.